The Hall–Kier alpha value is -2.78. The third-order valence-corrected chi connectivity index (χ3v) is 7.86. The second-order valence-electron chi connectivity index (χ2n) is 8.88. The zero-order valence-electron chi connectivity index (χ0n) is 17.4. The molecule has 0 amide bonds. The fraction of sp³-hybridized carbons (Fsp3) is 0.409. The van der Waals surface area contributed by atoms with Crippen LogP contribution in [0.4, 0.5) is 11.6 Å². The molecule has 162 valence electrons. The van der Waals surface area contributed by atoms with Crippen LogP contribution in [0.5, 0.6) is 0 Å². The summed E-state index contributed by atoms with van der Waals surface area (Å²) in [6.07, 6.45) is 3.84. The average Bonchev–Trinajstić information content (AvgIpc) is 3.19. The molecule has 0 saturated heterocycles. The van der Waals surface area contributed by atoms with Crippen LogP contribution in [0.3, 0.4) is 0 Å². The van der Waals surface area contributed by atoms with Crippen LogP contribution in [0, 0.1) is 6.92 Å². The zero-order chi connectivity index (χ0) is 22.0. The van der Waals surface area contributed by atoms with Crippen LogP contribution >= 0.6 is 0 Å². The quantitative estimate of drug-likeness (QED) is 0.644. The van der Waals surface area contributed by atoms with E-state index < -0.39 is 15.4 Å². The van der Waals surface area contributed by atoms with Crippen LogP contribution < -0.4 is 10.9 Å². The minimum absolute atomic E-state index is 0.0337. The Morgan fingerprint density at radius 2 is 2.00 bits per heavy atom. The highest BCUT2D eigenvalue weighted by molar-refractivity contribution is 7.90. The van der Waals surface area contributed by atoms with E-state index in [-0.39, 0.29) is 23.1 Å². The number of hydrogen-bond acceptors (Lipinski definition) is 7. The normalized spacial score (nSPS) is 24.4. The molecule has 1 aliphatic carbocycles. The lowest BCUT2D eigenvalue weighted by molar-refractivity contribution is 0.0266. The average molecular weight is 441 g/mol. The molecule has 9 heteroatoms. The summed E-state index contributed by atoms with van der Waals surface area (Å²) >= 11 is 0. The number of aromatic nitrogens is 3. The highest BCUT2D eigenvalue weighted by Gasteiger charge is 2.39. The summed E-state index contributed by atoms with van der Waals surface area (Å²) in [4.78, 5) is 22.0. The lowest BCUT2D eigenvalue weighted by Gasteiger charge is -2.28. The van der Waals surface area contributed by atoms with Gasteiger partial charge in [0.25, 0.3) is 5.56 Å². The second kappa shape index (κ2) is 6.86. The van der Waals surface area contributed by atoms with Gasteiger partial charge in [-0.1, -0.05) is 6.07 Å². The Labute approximate surface area is 179 Å². The Bertz CT molecular complexity index is 1380. The van der Waals surface area contributed by atoms with Crippen molar-refractivity contribution >= 4 is 32.5 Å². The molecule has 8 nitrogen and oxygen atoms in total. The number of anilines is 2. The number of rotatable bonds is 3. The summed E-state index contributed by atoms with van der Waals surface area (Å²) in [5.74, 6) is 0.413. The highest BCUT2D eigenvalue weighted by Crippen LogP contribution is 2.39. The van der Waals surface area contributed by atoms with Crippen molar-refractivity contribution < 1.29 is 13.5 Å². The molecular formula is C22H24N4O4S. The minimum Gasteiger partial charge on any atom is -0.388 e. The molecule has 1 aromatic carbocycles. The van der Waals surface area contributed by atoms with Gasteiger partial charge >= 0.3 is 0 Å². The number of aryl methyl sites for hydroxylation is 1. The van der Waals surface area contributed by atoms with Gasteiger partial charge in [-0.15, -0.1) is 0 Å². The van der Waals surface area contributed by atoms with Crippen LogP contribution in [0.1, 0.15) is 48.9 Å². The molecule has 3 heterocycles. The van der Waals surface area contributed by atoms with Gasteiger partial charge in [-0.25, -0.2) is 13.4 Å². The van der Waals surface area contributed by atoms with Gasteiger partial charge in [0, 0.05) is 22.8 Å². The summed E-state index contributed by atoms with van der Waals surface area (Å²) in [6.45, 7) is 3.52. The number of benzene rings is 1. The molecule has 2 N–H and O–H groups in total. The van der Waals surface area contributed by atoms with Gasteiger partial charge in [0.2, 0.25) is 5.95 Å². The number of pyridine rings is 1. The van der Waals surface area contributed by atoms with E-state index in [0.717, 1.165) is 22.9 Å². The Morgan fingerprint density at radius 1 is 1.23 bits per heavy atom. The SMILES string of the molecule is Cc1cc2cnc(Nc3ccc4c(c3)CS(=O)(=O)C4)nc2n([C@@H]2CCC[C@@]2(C)O)c1=O. The van der Waals surface area contributed by atoms with E-state index in [2.05, 4.69) is 15.3 Å². The van der Waals surface area contributed by atoms with E-state index in [1.165, 1.54) is 0 Å². The summed E-state index contributed by atoms with van der Waals surface area (Å²) in [7, 11) is -3.08. The van der Waals surface area contributed by atoms with Crippen LogP contribution in [0.25, 0.3) is 11.0 Å². The predicted molar refractivity (Wildman–Crippen MR) is 118 cm³/mol. The molecule has 2 atom stereocenters. The van der Waals surface area contributed by atoms with E-state index in [1.807, 2.05) is 0 Å². The van der Waals surface area contributed by atoms with Crippen molar-refractivity contribution in [3.63, 3.8) is 0 Å². The Balaban J connectivity index is 1.57. The van der Waals surface area contributed by atoms with E-state index in [4.69, 9.17) is 0 Å². The van der Waals surface area contributed by atoms with Gasteiger partial charge in [0.1, 0.15) is 5.65 Å². The van der Waals surface area contributed by atoms with E-state index in [1.54, 1.807) is 48.9 Å². The fourth-order valence-electron chi connectivity index (χ4n) is 4.78. The van der Waals surface area contributed by atoms with Crippen molar-refractivity contribution in [2.45, 2.75) is 56.3 Å². The molecule has 2 aliphatic rings. The maximum absolute atomic E-state index is 13.0. The molecule has 1 fully saturated rings. The third kappa shape index (κ3) is 3.51. The second-order valence-corrected chi connectivity index (χ2v) is 10.9. The van der Waals surface area contributed by atoms with Crippen LogP contribution in [-0.4, -0.2) is 33.7 Å². The standard InChI is InChI=1S/C22H24N4O4S/c1-13-8-15-10-23-21(24-17-6-5-14-11-31(29,30)12-16(14)9-17)25-19(15)26(20(13)27)18-4-3-7-22(18,2)28/h5-6,8-10,18,28H,3-4,7,11-12H2,1-2H3,(H,23,24,25)/t18-,22-/m1/s1. The molecule has 0 radical (unpaired) electrons. The first-order valence-corrected chi connectivity index (χ1v) is 12.2. The molecule has 5 rings (SSSR count). The monoisotopic (exact) mass is 440 g/mol. The lowest BCUT2D eigenvalue weighted by Crippen LogP contribution is -2.38. The van der Waals surface area contributed by atoms with Gasteiger partial charge in [0.05, 0.1) is 23.1 Å². The van der Waals surface area contributed by atoms with E-state index in [0.29, 0.717) is 35.7 Å². The van der Waals surface area contributed by atoms with Crippen molar-refractivity contribution in [3.05, 3.63) is 57.5 Å². The number of hydrogen-bond donors (Lipinski definition) is 2. The van der Waals surface area contributed by atoms with E-state index in [9.17, 15) is 18.3 Å². The van der Waals surface area contributed by atoms with Crippen molar-refractivity contribution in [1.29, 1.82) is 0 Å². The summed E-state index contributed by atoms with van der Waals surface area (Å²) < 4.78 is 25.4. The highest BCUT2D eigenvalue weighted by atomic mass is 32.2. The number of aliphatic hydroxyl groups is 1. The largest absolute Gasteiger partial charge is 0.388 e. The topological polar surface area (TPSA) is 114 Å². The third-order valence-electron chi connectivity index (χ3n) is 6.36. The van der Waals surface area contributed by atoms with Crippen molar-refractivity contribution in [2.24, 2.45) is 0 Å². The van der Waals surface area contributed by atoms with Crippen LogP contribution in [-0.2, 0) is 21.3 Å². The molecule has 1 aliphatic heterocycles. The first-order valence-electron chi connectivity index (χ1n) is 10.3. The number of nitrogens with zero attached hydrogens (tertiary/aromatic N) is 3. The molecule has 0 bridgehead atoms. The van der Waals surface area contributed by atoms with Gasteiger partial charge < -0.3 is 10.4 Å². The molecular weight excluding hydrogens is 416 g/mol. The minimum atomic E-state index is -3.08. The van der Waals surface area contributed by atoms with Crippen molar-refractivity contribution in [1.82, 2.24) is 14.5 Å². The van der Waals surface area contributed by atoms with Gasteiger partial charge in [0.15, 0.2) is 9.84 Å². The lowest BCUT2D eigenvalue weighted by atomic mass is 9.99. The Morgan fingerprint density at radius 3 is 2.74 bits per heavy atom. The molecule has 0 unspecified atom stereocenters. The van der Waals surface area contributed by atoms with Crippen LogP contribution in [0.15, 0.2) is 35.3 Å². The first kappa shape index (κ1) is 20.1. The van der Waals surface area contributed by atoms with Gasteiger partial charge in [-0.2, -0.15) is 4.98 Å². The number of fused-ring (bicyclic) bond motifs is 2. The Kier molecular flexibility index (Phi) is 4.46. The molecule has 0 spiro atoms. The van der Waals surface area contributed by atoms with Crippen molar-refractivity contribution in [3.8, 4) is 0 Å². The molecule has 31 heavy (non-hydrogen) atoms. The maximum Gasteiger partial charge on any atom is 0.255 e. The zero-order valence-corrected chi connectivity index (χ0v) is 18.2. The van der Waals surface area contributed by atoms with Crippen LogP contribution in [0.2, 0.25) is 0 Å². The fourth-order valence-corrected chi connectivity index (χ4v) is 6.38. The smallest absolute Gasteiger partial charge is 0.255 e. The molecule has 3 aromatic rings. The summed E-state index contributed by atoms with van der Waals surface area (Å²) in [6, 6.07) is 6.82. The maximum atomic E-state index is 13.0. The van der Waals surface area contributed by atoms with Gasteiger partial charge in [-0.3, -0.25) is 9.36 Å². The van der Waals surface area contributed by atoms with Gasteiger partial charge in [-0.05, 0) is 62.4 Å². The molecule has 1 saturated carbocycles. The number of sulfone groups is 1. The summed E-state index contributed by atoms with van der Waals surface area (Å²) in [5.41, 5.74) is 2.20. The van der Waals surface area contributed by atoms with E-state index >= 15 is 0 Å². The summed E-state index contributed by atoms with van der Waals surface area (Å²) in [5, 5.41) is 14.7. The van der Waals surface area contributed by atoms with Crippen molar-refractivity contribution in [2.75, 3.05) is 5.32 Å². The number of nitrogens with one attached hydrogen (secondary N) is 1. The predicted octanol–water partition coefficient (Wildman–Crippen LogP) is 2.75. The first-order chi connectivity index (χ1) is 14.6. The molecule has 2 aromatic heterocycles.